The van der Waals surface area contributed by atoms with E-state index in [-0.39, 0.29) is 0 Å². The Morgan fingerprint density at radius 2 is 0.413 bits per heavy atom. The molecule has 214 valence electrons. The third-order valence-corrected chi connectivity index (χ3v) is 9.24. The highest BCUT2D eigenvalue weighted by atomic mass is 14.1. The minimum atomic E-state index is 1.20. The summed E-state index contributed by atoms with van der Waals surface area (Å²) in [5.41, 5.74) is 4.82. The molecule has 0 bridgehead atoms. The fraction of sp³-hybridized carbons (Fsp3) is 0. The highest BCUT2D eigenvalue weighted by Crippen LogP contribution is 2.29. The second-order valence-electron chi connectivity index (χ2n) is 12.3. The van der Waals surface area contributed by atoms with Crippen LogP contribution in [-0.4, -0.2) is 0 Å². The van der Waals surface area contributed by atoms with Crippen molar-refractivity contribution in [3.8, 4) is 0 Å². The molecule has 0 aliphatic carbocycles. The molecular formula is C46H30. The van der Waals surface area contributed by atoms with Crippen molar-refractivity contribution in [3.05, 3.63) is 180 Å². The van der Waals surface area contributed by atoms with Gasteiger partial charge in [0.05, 0.1) is 0 Å². The molecule has 0 nitrogen and oxygen atoms in total. The molecule has 0 fully saturated rings. The van der Waals surface area contributed by atoms with Crippen LogP contribution in [0.4, 0.5) is 0 Å². The average Bonchev–Trinajstić information content (AvgIpc) is 3.10. The van der Waals surface area contributed by atoms with Gasteiger partial charge >= 0.3 is 0 Å². The molecular weight excluding hydrogens is 553 g/mol. The maximum Gasteiger partial charge on any atom is -0.0172 e. The van der Waals surface area contributed by atoms with Gasteiger partial charge in [0.15, 0.2) is 0 Å². The summed E-state index contributed by atoms with van der Waals surface area (Å²) in [6, 6.07) is 57.8. The second kappa shape index (κ2) is 10.9. The van der Waals surface area contributed by atoms with E-state index in [1.54, 1.807) is 0 Å². The summed E-state index contributed by atoms with van der Waals surface area (Å²) in [4.78, 5) is 0. The quantitative estimate of drug-likeness (QED) is 0.143. The molecule has 0 radical (unpaired) electrons. The first-order chi connectivity index (χ1) is 22.7. The number of hydrogen-bond acceptors (Lipinski definition) is 0. The molecule has 0 saturated carbocycles. The van der Waals surface area contributed by atoms with Gasteiger partial charge in [0.1, 0.15) is 0 Å². The smallest absolute Gasteiger partial charge is 0.0172 e. The zero-order chi connectivity index (χ0) is 30.5. The van der Waals surface area contributed by atoms with Crippen molar-refractivity contribution >= 4 is 88.9 Å². The van der Waals surface area contributed by atoms with Crippen LogP contribution in [0.2, 0.25) is 0 Å². The minimum Gasteiger partial charge on any atom is -0.0616 e. The van der Waals surface area contributed by atoms with Crippen LogP contribution in [0.1, 0.15) is 22.3 Å². The number of rotatable bonds is 4. The van der Waals surface area contributed by atoms with Crippen molar-refractivity contribution < 1.29 is 0 Å². The molecule has 9 aromatic rings. The van der Waals surface area contributed by atoms with Gasteiger partial charge in [0, 0.05) is 0 Å². The van der Waals surface area contributed by atoms with E-state index in [1.807, 2.05) is 0 Å². The first-order valence-electron chi connectivity index (χ1n) is 15.9. The molecule has 0 aliphatic rings. The summed E-state index contributed by atoms with van der Waals surface area (Å²) < 4.78 is 0. The first kappa shape index (κ1) is 26.4. The lowest BCUT2D eigenvalue weighted by atomic mass is 9.99. The molecule has 9 aromatic carbocycles. The van der Waals surface area contributed by atoms with Crippen LogP contribution in [0.25, 0.3) is 88.9 Å². The SMILES string of the molecule is C(=Cc1ccc2cc3cc(C=Cc4ccc5cc6ccccc6cc5c4)ccc3cc2c1)c1ccc2cc3ccccc3cc2c1. The summed E-state index contributed by atoms with van der Waals surface area (Å²) in [6.07, 6.45) is 8.87. The topological polar surface area (TPSA) is 0 Å². The summed E-state index contributed by atoms with van der Waals surface area (Å²) in [7, 11) is 0. The van der Waals surface area contributed by atoms with Gasteiger partial charge in [0.25, 0.3) is 0 Å². The van der Waals surface area contributed by atoms with E-state index in [4.69, 9.17) is 0 Å². The van der Waals surface area contributed by atoms with E-state index < -0.39 is 0 Å². The highest BCUT2D eigenvalue weighted by Gasteiger charge is 2.03. The molecule has 9 rings (SSSR count). The van der Waals surface area contributed by atoms with E-state index in [1.165, 1.54) is 86.9 Å². The van der Waals surface area contributed by atoms with Crippen LogP contribution in [0, 0.1) is 0 Å². The van der Waals surface area contributed by atoms with Crippen LogP contribution in [0.3, 0.4) is 0 Å². The Bertz CT molecular complexity index is 2500. The predicted molar refractivity (Wildman–Crippen MR) is 202 cm³/mol. The lowest BCUT2D eigenvalue weighted by Gasteiger charge is -2.06. The Labute approximate surface area is 268 Å². The lowest BCUT2D eigenvalue weighted by Crippen LogP contribution is -1.81. The van der Waals surface area contributed by atoms with Gasteiger partial charge in [-0.15, -0.1) is 0 Å². The van der Waals surface area contributed by atoms with Crippen LogP contribution in [-0.2, 0) is 0 Å². The van der Waals surface area contributed by atoms with Crippen molar-refractivity contribution in [1.82, 2.24) is 0 Å². The third kappa shape index (κ3) is 5.01. The van der Waals surface area contributed by atoms with Crippen molar-refractivity contribution in [2.45, 2.75) is 0 Å². The molecule has 0 aromatic heterocycles. The van der Waals surface area contributed by atoms with E-state index >= 15 is 0 Å². The molecule has 0 saturated heterocycles. The summed E-state index contributed by atoms with van der Waals surface area (Å²) in [5.74, 6) is 0. The van der Waals surface area contributed by atoms with Crippen LogP contribution < -0.4 is 0 Å². The van der Waals surface area contributed by atoms with Crippen molar-refractivity contribution in [3.63, 3.8) is 0 Å². The molecule has 0 N–H and O–H groups in total. The summed E-state index contributed by atoms with van der Waals surface area (Å²) >= 11 is 0. The monoisotopic (exact) mass is 582 g/mol. The molecule has 0 amide bonds. The zero-order valence-corrected chi connectivity index (χ0v) is 25.3. The summed E-state index contributed by atoms with van der Waals surface area (Å²) in [5, 5.41) is 15.2. The van der Waals surface area contributed by atoms with Crippen molar-refractivity contribution in [2.75, 3.05) is 0 Å². The van der Waals surface area contributed by atoms with Gasteiger partial charge in [-0.05, 0) is 148 Å². The van der Waals surface area contributed by atoms with Gasteiger partial charge in [-0.3, -0.25) is 0 Å². The molecule has 0 heteroatoms. The third-order valence-electron chi connectivity index (χ3n) is 9.24. The maximum atomic E-state index is 2.31. The number of fused-ring (bicyclic) bond motifs is 6. The average molecular weight is 583 g/mol. The van der Waals surface area contributed by atoms with Gasteiger partial charge in [-0.2, -0.15) is 0 Å². The van der Waals surface area contributed by atoms with Crippen LogP contribution in [0.5, 0.6) is 0 Å². The zero-order valence-electron chi connectivity index (χ0n) is 25.3. The van der Waals surface area contributed by atoms with Crippen LogP contribution in [0.15, 0.2) is 158 Å². The second-order valence-corrected chi connectivity index (χ2v) is 12.3. The Hall–Kier alpha value is -5.98. The molecule has 0 aliphatic heterocycles. The van der Waals surface area contributed by atoms with Crippen LogP contribution >= 0.6 is 0 Å². The van der Waals surface area contributed by atoms with E-state index in [2.05, 4.69) is 182 Å². The van der Waals surface area contributed by atoms with Crippen molar-refractivity contribution in [2.24, 2.45) is 0 Å². The first-order valence-corrected chi connectivity index (χ1v) is 15.9. The van der Waals surface area contributed by atoms with Gasteiger partial charge in [0.2, 0.25) is 0 Å². The predicted octanol–water partition coefficient (Wildman–Crippen LogP) is 12.9. The molecule has 0 atom stereocenters. The molecule has 0 unspecified atom stereocenters. The Balaban J connectivity index is 0.973. The Kier molecular flexibility index (Phi) is 6.25. The molecule has 0 heterocycles. The van der Waals surface area contributed by atoms with Crippen molar-refractivity contribution in [1.29, 1.82) is 0 Å². The van der Waals surface area contributed by atoms with E-state index in [0.29, 0.717) is 0 Å². The number of hydrogen-bond donors (Lipinski definition) is 0. The Morgan fingerprint density at radius 3 is 0.674 bits per heavy atom. The van der Waals surface area contributed by atoms with Gasteiger partial charge < -0.3 is 0 Å². The molecule has 0 spiro atoms. The Morgan fingerprint density at radius 1 is 0.196 bits per heavy atom. The fourth-order valence-corrected chi connectivity index (χ4v) is 6.75. The highest BCUT2D eigenvalue weighted by molar-refractivity contribution is 6.02. The van der Waals surface area contributed by atoms with E-state index in [9.17, 15) is 0 Å². The molecule has 46 heavy (non-hydrogen) atoms. The van der Waals surface area contributed by atoms with Gasteiger partial charge in [-0.1, -0.05) is 121 Å². The largest absolute Gasteiger partial charge is 0.0616 e. The minimum absolute atomic E-state index is 1.20. The fourth-order valence-electron chi connectivity index (χ4n) is 6.75. The lowest BCUT2D eigenvalue weighted by molar-refractivity contribution is 1.69. The maximum absolute atomic E-state index is 2.31. The normalized spacial score (nSPS) is 12.2. The van der Waals surface area contributed by atoms with Gasteiger partial charge in [-0.25, -0.2) is 0 Å². The number of benzene rings is 9. The standard InChI is InChI=1S/C46H30/c1-3-7-37-27-43-21-31(13-17-39(43)25-35(37)5-1)9-11-33-15-19-41-30-46-24-34(16-20-42(46)29-45(41)23-33)12-10-32-14-18-40-26-36-6-2-4-8-38(36)28-44(40)22-32/h1-30H. The summed E-state index contributed by atoms with van der Waals surface area (Å²) in [6.45, 7) is 0. The van der Waals surface area contributed by atoms with E-state index in [0.717, 1.165) is 0 Å².